The van der Waals surface area contributed by atoms with Crippen molar-refractivity contribution in [3.8, 4) is 0 Å². The summed E-state index contributed by atoms with van der Waals surface area (Å²) in [6.07, 6.45) is 0. The number of nitrogens with two attached hydrogens (primary N) is 1. The molecule has 0 heterocycles. The Morgan fingerprint density at radius 1 is 1.29 bits per heavy atom. The molecule has 14 heavy (non-hydrogen) atoms. The molecule has 0 aromatic rings. The molecular weight excluding hydrogens is 176 g/mol. The Morgan fingerprint density at radius 2 is 1.71 bits per heavy atom. The number of primary amides is 1. The van der Waals surface area contributed by atoms with Gasteiger partial charge in [0.25, 0.3) is 0 Å². The van der Waals surface area contributed by atoms with Crippen LogP contribution in [0.15, 0.2) is 0 Å². The lowest BCUT2D eigenvalue weighted by Crippen LogP contribution is -2.58. The number of carbonyl (C=O) groups is 1. The minimum Gasteiger partial charge on any atom is -0.368 e. The first-order valence-corrected chi connectivity index (χ1v) is 5.14. The lowest BCUT2D eigenvalue weighted by Gasteiger charge is -2.34. The summed E-state index contributed by atoms with van der Waals surface area (Å²) in [4.78, 5) is 11.3. The Labute approximate surface area is 87.4 Å². The van der Waals surface area contributed by atoms with Gasteiger partial charge in [0.1, 0.15) is 0 Å². The van der Waals surface area contributed by atoms with E-state index >= 15 is 0 Å². The van der Waals surface area contributed by atoms with Crippen LogP contribution in [0.4, 0.5) is 0 Å². The average Bonchev–Trinajstić information content (AvgIpc) is 1.97. The number of hydrogen-bond donors (Lipinski definition) is 2. The standard InChI is InChI=1S/C11H24N2O/c1-8(2)11(6,9(12)14)13-7-10(3,4)5/h8,13H,7H2,1-6H3,(H2,12,14). The molecule has 3 N–H and O–H groups in total. The molecule has 3 heteroatoms. The summed E-state index contributed by atoms with van der Waals surface area (Å²) in [5, 5.41) is 3.26. The first kappa shape index (κ1) is 13.4. The molecule has 0 aliphatic carbocycles. The van der Waals surface area contributed by atoms with Gasteiger partial charge in [-0.15, -0.1) is 0 Å². The van der Waals surface area contributed by atoms with E-state index in [4.69, 9.17) is 5.73 Å². The van der Waals surface area contributed by atoms with Crippen LogP contribution in [0.5, 0.6) is 0 Å². The zero-order valence-corrected chi connectivity index (χ0v) is 10.3. The summed E-state index contributed by atoms with van der Waals surface area (Å²) < 4.78 is 0. The Kier molecular flexibility index (Phi) is 4.13. The van der Waals surface area contributed by atoms with Gasteiger partial charge in [0.2, 0.25) is 5.91 Å². The van der Waals surface area contributed by atoms with Gasteiger partial charge in [-0.1, -0.05) is 34.6 Å². The highest BCUT2D eigenvalue weighted by Gasteiger charge is 2.34. The first-order chi connectivity index (χ1) is 6.09. The van der Waals surface area contributed by atoms with Crippen LogP contribution in [-0.4, -0.2) is 18.0 Å². The van der Waals surface area contributed by atoms with Gasteiger partial charge < -0.3 is 11.1 Å². The minimum atomic E-state index is -0.604. The molecule has 0 saturated heterocycles. The van der Waals surface area contributed by atoms with E-state index in [2.05, 4.69) is 26.1 Å². The van der Waals surface area contributed by atoms with E-state index in [1.54, 1.807) is 0 Å². The number of amides is 1. The van der Waals surface area contributed by atoms with E-state index in [-0.39, 0.29) is 17.2 Å². The van der Waals surface area contributed by atoms with Gasteiger partial charge >= 0.3 is 0 Å². The quantitative estimate of drug-likeness (QED) is 0.723. The molecule has 0 rings (SSSR count). The second-order valence-corrected chi connectivity index (χ2v) is 5.64. The van der Waals surface area contributed by atoms with Gasteiger partial charge in [-0.3, -0.25) is 4.79 Å². The van der Waals surface area contributed by atoms with Crippen molar-refractivity contribution in [2.24, 2.45) is 17.1 Å². The van der Waals surface area contributed by atoms with Gasteiger partial charge in [0.05, 0.1) is 5.54 Å². The second kappa shape index (κ2) is 4.30. The van der Waals surface area contributed by atoms with Crippen LogP contribution in [0.2, 0.25) is 0 Å². The van der Waals surface area contributed by atoms with Crippen molar-refractivity contribution in [3.05, 3.63) is 0 Å². The van der Waals surface area contributed by atoms with E-state index in [1.807, 2.05) is 20.8 Å². The normalized spacial score (nSPS) is 16.8. The maximum absolute atomic E-state index is 11.3. The van der Waals surface area contributed by atoms with Gasteiger partial charge in [0.15, 0.2) is 0 Å². The predicted molar refractivity (Wildman–Crippen MR) is 59.9 cm³/mol. The third-order valence-corrected chi connectivity index (χ3v) is 2.65. The summed E-state index contributed by atoms with van der Waals surface area (Å²) in [5.74, 6) is -0.0842. The fraction of sp³-hybridized carbons (Fsp3) is 0.909. The van der Waals surface area contributed by atoms with Gasteiger partial charge in [-0.25, -0.2) is 0 Å². The number of carbonyl (C=O) groups excluding carboxylic acids is 1. The maximum Gasteiger partial charge on any atom is 0.237 e. The zero-order valence-electron chi connectivity index (χ0n) is 10.3. The monoisotopic (exact) mass is 200 g/mol. The third kappa shape index (κ3) is 3.66. The van der Waals surface area contributed by atoms with Crippen molar-refractivity contribution < 1.29 is 4.79 Å². The molecule has 0 aromatic heterocycles. The van der Waals surface area contributed by atoms with Crippen LogP contribution < -0.4 is 11.1 Å². The van der Waals surface area contributed by atoms with Crippen LogP contribution in [0.3, 0.4) is 0 Å². The van der Waals surface area contributed by atoms with Crippen LogP contribution in [-0.2, 0) is 4.79 Å². The number of hydrogen-bond acceptors (Lipinski definition) is 2. The smallest absolute Gasteiger partial charge is 0.237 e. The lowest BCUT2D eigenvalue weighted by atomic mass is 9.86. The van der Waals surface area contributed by atoms with Crippen LogP contribution in [0, 0.1) is 11.3 Å². The van der Waals surface area contributed by atoms with Crippen molar-refractivity contribution in [2.45, 2.75) is 47.1 Å². The third-order valence-electron chi connectivity index (χ3n) is 2.65. The van der Waals surface area contributed by atoms with E-state index in [1.165, 1.54) is 0 Å². The average molecular weight is 200 g/mol. The first-order valence-electron chi connectivity index (χ1n) is 5.14. The molecule has 0 fully saturated rings. The van der Waals surface area contributed by atoms with Crippen LogP contribution >= 0.6 is 0 Å². The molecule has 0 radical (unpaired) electrons. The predicted octanol–water partition coefficient (Wildman–Crippen LogP) is 1.52. The Bertz CT molecular complexity index is 206. The molecule has 0 aliphatic heterocycles. The van der Waals surface area contributed by atoms with Gasteiger partial charge in [0, 0.05) is 6.54 Å². The van der Waals surface area contributed by atoms with Crippen molar-refractivity contribution in [1.82, 2.24) is 5.32 Å². The number of nitrogens with one attached hydrogen (secondary N) is 1. The van der Waals surface area contributed by atoms with Crippen molar-refractivity contribution in [1.29, 1.82) is 0 Å². The summed E-state index contributed by atoms with van der Waals surface area (Å²) >= 11 is 0. The minimum absolute atomic E-state index is 0.158. The Hall–Kier alpha value is -0.570. The topological polar surface area (TPSA) is 55.1 Å². The van der Waals surface area contributed by atoms with Crippen molar-refractivity contribution in [3.63, 3.8) is 0 Å². The Morgan fingerprint density at radius 3 is 1.93 bits per heavy atom. The highest BCUT2D eigenvalue weighted by atomic mass is 16.1. The highest BCUT2D eigenvalue weighted by Crippen LogP contribution is 2.19. The molecule has 0 spiro atoms. The Balaban J connectivity index is 4.48. The molecule has 1 unspecified atom stereocenters. The molecule has 84 valence electrons. The highest BCUT2D eigenvalue weighted by molar-refractivity contribution is 5.84. The van der Waals surface area contributed by atoms with Crippen LogP contribution in [0.25, 0.3) is 0 Å². The SMILES string of the molecule is CC(C)C(C)(NCC(C)(C)C)C(N)=O. The fourth-order valence-electron chi connectivity index (χ4n) is 1.02. The molecule has 0 aliphatic rings. The summed E-state index contributed by atoms with van der Waals surface area (Å²) in [6.45, 7) is 13.0. The van der Waals surface area contributed by atoms with E-state index < -0.39 is 5.54 Å². The van der Waals surface area contributed by atoms with Crippen molar-refractivity contribution in [2.75, 3.05) is 6.54 Å². The molecule has 1 amide bonds. The molecule has 0 saturated carbocycles. The summed E-state index contributed by atoms with van der Waals surface area (Å²) in [7, 11) is 0. The summed E-state index contributed by atoms with van der Waals surface area (Å²) in [6, 6.07) is 0. The molecule has 0 bridgehead atoms. The van der Waals surface area contributed by atoms with E-state index in [0.717, 1.165) is 6.54 Å². The zero-order chi connectivity index (χ0) is 11.6. The second-order valence-electron chi connectivity index (χ2n) is 5.64. The summed E-state index contributed by atoms with van der Waals surface area (Å²) in [5.41, 5.74) is 4.95. The number of rotatable bonds is 4. The molecule has 3 nitrogen and oxygen atoms in total. The molecule has 1 atom stereocenters. The molecule has 0 aromatic carbocycles. The lowest BCUT2D eigenvalue weighted by molar-refractivity contribution is -0.125. The fourth-order valence-corrected chi connectivity index (χ4v) is 1.02. The van der Waals surface area contributed by atoms with Gasteiger partial charge in [-0.2, -0.15) is 0 Å². The van der Waals surface area contributed by atoms with Crippen LogP contribution in [0.1, 0.15) is 41.5 Å². The van der Waals surface area contributed by atoms with Gasteiger partial charge in [-0.05, 0) is 18.3 Å². The molecular formula is C11H24N2O. The van der Waals surface area contributed by atoms with E-state index in [0.29, 0.717) is 0 Å². The van der Waals surface area contributed by atoms with E-state index in [9.17, 15) is 4.79 Å². The maximum atomic E-state index is 11.3. The van der Waals surface area contributed by atoms with Crippen molar-refractivity contribution >= 4 is 5.91 Å². The largest absolute Gasteiger partial charge is 0.368 e.